The second-order valence-corrected chi connectivity index (χ2v) is 5.36. The van der Waals surface area contributed by atoms with E-state index in [-0.39, 0.29) is 5.96 Å². The molecular formula is C15H17BrN4O2. The molecule has 22 heavy (non-hydrogen) atoms. The highest BCUT2D eigenvalue weighted by Gasteiger charge is 2.18. The molecule has 7 heteroatoms. The van der Waals surface area contributed by atoms with Crippen LogP contribution >= 0.6 is 15.9 Å². The molecule has 0 atom stereocenters. The highest BCUT2D eigenvalue weighted by atomic mass is 79.9. The molecule has 0 saturated heterocycles. The first-order chi connectivity index (χ1) is 10.6. The molecule has 0 aliphatic rings. The number of anilines is 1. The summed E-state index contributed by atoms with van der Waals surface area (Å²) in [5.74, 6) is 1.79. The fourth-order valence-corrected chi connectivity index (χ4v) is 2.40. The third kappa shape index (κ3) is 3.48. The molecule has 0 radical (unpaired) electrons. The summed E-state index contributed by atoms with van der Waals surface area (Å²) in [5.41, 5.74) is 6.52. The van der Waals surface area contributed by atoms with Crippen LogP contribution in [0.4, 0.5) is 5.82 Å². The van der Waals surface area contributed by atoms with E-state index in [1.807, 2.05) is 24.3 Å². The van der Waals surface area contributed by atoms with Crippen molar-refractivity contribution in [1.82, 2.24) is 4.98 Å². The number of nitrogens with two attached hydrogens (primary N) is 1. The fourth-order valence-electron chi connectivity index (χ4n) is 2.07. The third-order valence-corrected chi connectivity index (χ3v) is 3.61. The number of benzene rings is 1. The number of guanidine groups is 1. The number of halogens is 1. The molecule has 0 amide bonds. The van der Waals surface area contributed by atoms with Gasteiger partial charge in [-0.2, -0.15) is 0 Å². The van der Waals surface area contributed by atoms with Crippen LogP contribution in [0, 0.1) is 5.41 Å². The lowest BCUT2D eigenvalue weighted by Gasteiger charge is -2.24. The van der Waals surface area contributed by atoms with Crippen LogP contribution in [0.3, 0.4) is 0 Å². The first-order valence-electron chi connectivity index (χ1n) is 6.49. The van der Waals surface area contributed by atoms with Crippen molar-refractivity contribution in [2.75, 3.05) is 19.1 Å². The number of pyridine rings is 1. The Morgan fingerprint density at radius 2 is 1.91 bits per heavy atom. The van der Waals surface area contributed by atoms with Gasteiger partial charge in [0.15, 0.2) is 5.96 Å². The van der Waals surface area contributed by atoms with E-state index in [1.165, 1.54) is 0 Å². The number of hydrogen-bond acceptors (Lipinski definition) is 4. The molecule has 0 aliphatic heterocycles. The van der Waals surface area contributed by atoms with E-state index in [0.29, 0.717) is 23.9 Å². The summed E-state index contributed by atoms with van der Waals surface area (Å²) >= 11 is 3.39. The minimum atomic E-state index is -0.112. The summed E-state index contributed by atoms with van der Waals surface area (Å²) in [5, 5.41) is 7.83. The van der Waals surface area contributed by atoms with E-state index in [0.717, 1.165) is 10.0 Å². The SMILES string of the molecule is COc1cccc(OC)c1CN(C(=N)N)c1cc(Br)ccn1. The summed E-state index contributed by atoms with van der Waals surface area (Å²) in [6.45, 7) is 0.311. The quantitative estimate of drug-likeness (QED) is 0.629. The Balaban J connectivity index is 2.43. The zero-order chi connectivity index (χ0) is 16.1. The van der Waals surface area contributed by atoms with E-state index in [1.54, 1.807) is 31.4 Å². The largest absolute Gasteiger partial charge is 0.496 e. The van der Waals surface area contributed by atoms with Crippen LogP contribution in [0.1, 0.15) is 5.56 Å². The van der Waals surface area contributed by atoms with Crippen molar-refractivity contribution >= 4 is 27.7 Å². The van der Waals surface area contributed by atoms with Crippen LogP contribution in [0.2, 0.25) is 0 Å². The normalized spacial score (nSPS) is 10.1. The van der Waals surface area contributed by atoms with Gasteiger partial charge >= 0.3 is 0 Å². The molecule has 0 aliphatic carbocycles. The average molecular weight is 365 g/mol. The summed E-state index contributed by atoms with van der Waals surface area (Å²) in [7, 11) is 3.18. The molecule has 0 saturated carbocycles. The van der Waals surface area contributed by atoms with Crippen LogP contribution < -0.4 is 20.1 Å². The van der Waals surface area contributed by atoms with Gasteiger partial charge in [0.05, 0.1) is 26.3 Å². The number of nitrogens with one attached hydrogen (secondary N) is 1. The second kappa shape index (κ2) is 7.13. The minimum absolute atomic E-state index is 0.112. The lowest BCUT2D eigenvalue weighted by molar-refractivity contribution is 0.385. The molecule has 0 fully saturated rings. The monoisotopic (exact) mass is 364 g/mol. The Morgan fingerprint density at radius 3 is 2.41 bits per heavy atom. The predicted octanol–water partition coefficient (Wildman–Crippen LogP) is 2.76. The van der Waals surface area contributed by atoms with Crippen LogP contribution in [-0.2, 0) is 6.54 Å². The Labute approximate surface area is 137 Å². The van der Waals surface area contributed by atoms with Crippen molar-refractivity contribution in [3.05, 3.63) is 46.6 Å². The molecule has 6 nitrogen and oxygen atoms in total. The molecule has 2 aromatic rings. The van der Waals surface area contributed by atoms with E-state index in [2.05, 4.69) is 20.9 Å². The van der Waals surface area contributed by atoms with Crippen LogP contribution in [-0.4, -0.2) is 25.2 Å². The first-order valence-corrected chi connectivity index (χ1v) is 7.29. The summed E-state index contributed by atoms with van der Waals surface area (Å²) in [6, 6.07) is 9.13. The van der Waals surface area contributed by atoms with Gasteiger partial charge in [0.1, 0.15) is 17.3 Å². The van der Waals surface area contributed by atoms with Gasteiger partial charge in [-0.3, -0.25) is 10.3 Å². The van der Waals surface area contributed by atoms with Crippen LogP contribution in [0.5, 0.6) is 11.5 Å². The van der Waals surface area contributed by atoms with Crippen molar-refractivity contribution in [2.24, 2.45) is 5.73 Å². The minimum Gasteiger partial charge on any atom is -0.496 e. The van der Waals surface area contributed by atoms with E-state index in [4.69, 9.17) is 20.6 Å². The van der Waals surface area contributed by atoms with E-state index >= 15 is 0 Å². The standard InChI is InChI=1S/C15H17BrN4O2/c1-21-12-4-3-5-13(22-2)11(12)9-20(15(17)18)14-8-10(16)6-7-19-14/h3-8H,9H2,1-2H3,(H3,17,18). The maximum absolute atomic E-state index is 7.83. The Kier molecular flexibility index (Phi) is 5.21. The van der Waals surface area contributed by atoms with Crippen molar-refractivity contribution in [2.45, 2.75) is 6.54 Å². The van der Waals surface area contributed by atoms with Gasteiger partial charge in [0.25, 0.3) is 0 Å². The second-order valence-electron chi connectivity index (χ2n) is 4.44. The maximum Gasteiger partial charge on any atom is 0.194 e. The molecular weight excluding hydrogens is 348 g/mol. The zero-order valence-corrected chi connectivity index (χ0v) is 13.9. The van der Waals surface area contributed by atoms with Gasteiger partial charge in [0, 0.05) is 10.7 Å². The molecule has 0 spiro atoms. The van der Waals surface area contributed by atoms with Gasteiger partial charge in [-0.05, 0) is 24.3 Å². The lowest BCUT2D eigenvalue weighted by Crippen LogP contribution is -2.36. The highest BCUT2D eigenvalue weighted by Crippen LogP contribution is 2.31. The molecule has 0 bridgehead atoms. The fraction of sp³-hybridized carbons (Fsp3) is 0.200. The van der Waals surface area contributed by atoms with Crippen LogP contribution in [0.15, 0.2) is 41.0 Å². The van der Waals surface area contributed by atoms with Gasteiger partial charge in [0.2, 0.25) is 0 Å². The number of hydrogen-bond donors (Lipinski definition) is 2. The molecule has 1 aromatic heterocycles. The topological polar surface area (TPSA) is 84.5 Å². The molecule has 3 N–H and O–H groups in total. The van der Waals surface area contributed by atoms with Gasteiger partial charge in [-0.25, -0.2) is 4.98 Å². The Hall–Kier alpha value is -2.28. The molecule has 1 heterocycles. The van der Waals surface area contributed by atoms with Crippen molar-refractivity contribution in [1.29, 1.82) is 5.41 Å². The number of nitrogens with zero attached hydrogens (tertiary/aromatic N) is 2. The number of methoxy groups -OCH3 is 2. The lowest BCUT2D eigenvalue weighted by atomic mass is 10.1. The van der Waals surface area contributed by atoms with Crippen molar-refractivity contribution in [3.8, 4) is 11.5 Å². The first kappa shape index (κ1) is 16.1. The van der Waals surface area contributed by atoms with Gasteiger partial charge in [-0.15, -0.1) is 0 Å². The molecule has 0 unspecified atom stereocenters. The molecule has 1 aromatic carbocycles. The molecule has 2 rings (SSSR count). The van der Waals surface area contributed by atoms with Crippen LogP contribution in [0.25, 0.3) is 0 Å². The number of aromatic nitrogens is 1. The third-order valence-electron chi connectivity index (χ3n) is 3.12. The predicted molar refractivity (Wildman–Crippen MR) is 89.6 cm³/mol. The van der Waals surface area contributed by atoms with Crippen molar-refractivity contribution < 1.29 is 9.47 Å². The zero-order valence-electron chi connectivity index (χ0n) is 12.3. The van der Waals surface area contributed by atoms with Gasteiger partial charge < -0.3 is 15.2 Å². The Bertz CT molecular complexity index is 656. The number of rotatable bonds is 5. The summed E-state index contributed by atoms with van der Waals surface area (Å²) < 4.78 is 11.6. The smallest absolute Gasteiger partial charge is 0.194 e. The summed E-state index contributed by atoms with van der Waals surface area (Å²) in [6.07, 6.45) is 1.65. The van der Waals surface area contributed by atoms with E-state index < -0.39 is 0 Å². The number of ether oxygens (including phenoxy) is 2. The summed E-state index contributed by atoms with van der Waals surface area (Å²) in [4.78, 5) is 5.84. The highest BCUT2D eigenvalue weighted by molar-refractivity contribution is 9.10. The Morgan fingerprint density at radius 1 is 1.27 bits per heavy atom. The van der Waals surface area contributed by atoms with Gasteiger partial charge in [-0.1, -0.05) is 22.0 Å². The average Bonchev–Trinajstić information content (AvgIpc) is 2.51. The van der Waals surface area contributed by atoms with E-state index in [9.17, 15) is 0 Å². The maximum atomic E-state index is 7.83. The van der Waals surface area contributed by atoms with Crippen molar-refractivity contribution in [3.63, 3.8) is 0 Å². The molecule has 116 valence electrons.